The highest BCUT2D eigenvalue weighted by Crippen LogP contribution is 2.42. The van der Waals surface area contributed by atoms with Gasteiger partial charge in [0.05, 0.1) is 18.9 Å². The molecule has 1 heterocycles. The summed E-state index contributed by atoms with van der Waals surface area (Å²) < 4.78 is 0. The van der Waals surface area contributed by atoms with Gasteiger partial charge in [-0.3, -0.25) is 0 Å². The third-order valence-corrected chi connectivity index (χ3v) is 5.34. The van der Waals surface area contributed by atoms with Gasteiger partial charge in [-0.25, -0.2) is 4.98 Å². The van der Waals surface area contributed by atoms with E-state index in [4.69, 9.17) is 5.11 Å². The van der Waals surface area contributed by atoms with Crippen LogP contribution in [0.4, 0.5) is 11.8 Å². The summed E-state index contributed by atoms with van der Waals surface area (Å²) >= 11 is 0. The van der Waals surface area contributed by atoms with E-state index in [-0.39, 0.29) is 25.6 Å². The maximum atomic E-state index is 9.90. The van der Waals surface area contributed by atoms with Crippen LogP contribution in [-0.2, 0) is 13.0 Å². The van der Waals surface area contributed by atoms with Gasteiger partial charge in [0.1, 0.15) is 17.5 Å². The molecule has 1 fully saturated rings. The number of hydrogen-bond acceptors (Lipinski definition) is 7. The summed E-state index contributed by atoms with van der Waals surface area (Å²) in [6.07, 6.45) is 2.58. The lowest BCUT2D eigenvalue weighted by Gasteiger charge is -2.49. The second kappa shape index (κ2) is 7.91. The van der Waals surface area contributed by atoms with Crippen LogP contribution in [-0.4, -0.2) is 38.9 Å². The lowest BCUT2D eigenvalue weighted by Crippen LogP contribution is -2.57. The zero-order valence-electron chi connectivity index (χ0n) is 15.6. The average molecular weight is 369 g/mol. The van der Waals surface area contributed by atoms with Crippen molar-refractivity contribution in [2.75, 3.05) is 17.2 Å². The molecule has 7 heteroatoms. The van der Waals surface area contributed by atoms with E-state index in [1.807, 2.05) is 38.1 Å². The minimum Gasteiger partial charge on any atom is -0.392 e. The number of rotatable bonds is 7. The van der Waals surface area contributed by atoms with Gasteiger partial charge in [-0.05, 0) is 24.0 Å². The van der Waals surface area contributed by atoms with E-state index >= 15 is 0 Å². The minimum atomic E-state index is -0.350. The predicted molar refractivity (Wildman–Crippen MR) is 105 cm³/mol. The monoisotopic (exact) mass is 369 g/mol. The van der Waals surface area contributed by atoms with Crippen molar-refractivity contribution in [2.24, 2.45) is 5.41 Å². The van der Waals surface area contributed by atoms with E-state index < -0.39 is 0 Å². The summed E-state index contributed by atoms with van der Waals surface area (Å²) in [5.41, 5.74) is 2.17. The summed E-state index contributed by atoms with van der Waals surface area (Å²) in [5, 5.41) is 34.7. The fraction of sp³-hybridized carbons (Fsp3) is 0.450. The van der Waals surface area contributed by atoms with Crippen molar-refractivity contribution in [3.05, 3.63) is 47.2 Å². The Morgan fingerprint density at radius 1 is 1.30 bits per heavy atom. The molecule has 27 heavy (non-hydrogen) atoms. The van der Waals surface area contributed by atoms with Crippen LogP contribution in [0.3, 0.4) is 0 Å². The normalized spacial score (nSPS) is 20.4. The van der Waals surface area contributed by atoms with Gasteiger partial charge in [0, 0.05) is 19.4 Å². The highest BCUT2D eigenvalue weighted by molar-refractivity contribution is 5.54. The molecule has 0 aliphatic heterocycles. The molecule has 1 aliphatic rings. The second-order valence-corrected chi connectivity index (χ2v) is 7.49. The lowest BCUT2D eigenvalue weighted by molar-refractivity contribution is -0.0511. The molecule has 7 nitrogen and oxygen atoms in total. The molecule has 0 bridgehead atoms. The topological polar surface area (TPSA) is 114 Å². The maximum absolute atomic E-state index is 9.90. The molecule has 0 unspecified atom stereocenters. The van der Waals surface area contributed by atoms with Crippen LogP contribution < -0.4 is 10.6 Å². The standard InChI is InChI=1S/C20H25N5O2.H2/c1-20(2)16(9-17(20)27)24-18-15(10-21)11-23-19(25-18)22-8-7-13-3-5-14(12-26)6-4-13;/h3-6,11,16-17,26-27H,7-9,12H2,1-2H3,(H2,22,23,24,25);1H/t16-,17+;/m1./s1. The molecule has 1 aromatic heterocycles. The molecular weight excluding hydrogens is 342 g/mol. The molecule has 1 aliphatic carbocycles. The van der Waals surface area contributed by atoms with Gasteiger partial charge in [0.2, 0.25) is 5.95 Å². The van der Waals surface area contributed by atoms with Gasteiger partial charge in [0.15, 0.2) is 0 Å². The smallest absolute Gasteiger partial charge is 0.224 e. The highest BCUT2D eigenvalue weighted by atomic mass is 16.3. The Morgan fingerprint density at radius 2 is 2.00 bits per heavy atom. The fourth-order valence-electron chi connectivity index (χ4n) is 3.10. The van der Waals surface area contributed by atoms with E-state index in [0.717, 1.165) is 17.5 Å². The first-order valence-electron chi connectivity index (χ1n) is 9.08. The molecule has 144 valence electrons. The molecule has 1 saturated carbocycles. The van der Waals surface area contributed by atoms with Gasteiger partial charge < -0.3 is 20.8 Å². The van der Waals surface area contributed by atoms with E-state index in [2.05, 4.69) is 26.7 Å². The van der Waals surface area contributed by atoms with Crippen molar-refractivity contribution < 1.29 is 11.6 Å². The van der Waals surface area contributed by atoms with Crippen LogP contribution in [0.2, 0.25) is 0 Å². The third kappa shape index (κ3) is 4.18. The number of nitrogens with zero attached hydrogens (tertiary/aromatic N) is 3. The second-order valence-electron chi connectivity index (χ2n) is 7.49. The molecule has 4 N–H and O–H groups in total. The zero-order chi connectivity index (χ0) is 19.4. The summed E-state index contributed by atoms with van der Waals surface area (Å²) in [7, 11) is 0. The zero-order valence-corrected chi connectivity index (χ0v) is 15.6. The summed E-state index contributed by atoms with van der Waals surface area (Å²) in [6.45, 7) is 4.68. The number of hydrogen-bond donors (Lipinski definition) is 4. The van der Waals surface area contributed by atoms with Gasteiger partial charge >= 0.3 is 0 Å². The molecule has 0 saturated heterocycles. The SMILES string of the molecule is CC1(C)[C@@H](O)C[C@H]1Nc1nc(NCCc2ccc(CO)cc2)ncc1C#N.[HH]. The van der Waals surface area contributed by atoms with E-state index in [9.17, 15) is 10.4 Å². The summed E-state index contributed by atoms with van der Waals surface area (Å²) in [4.78, 5) is 8.65. The molecule has 0 amide bonds. The first-order chi connectivity index (χ1) is 12.9. The Hall–Kier alpha value is -2.69. The van der Waals surface area contributed by atoms with Crippen molar-refractivity contribution in [2.45, 2.75) is 45.4 Å². The summed E-state index contributed by atoms with van der Waals surface area (Å²) in [6, 6.07) is 9.97. The van der Waals surface area contributed by atoms with Crippen LogP contribution in [0.25, 0.3) is 0 Å². The number of aliphatic hydroxyl groups is 2. The maximum Gasteiger partial charge on any atom is 0.224 e. The number of benzene rings is 1. The summed E-state index contributed by atoms with van der Waals surface area (Å²) in [5.74, 6) is 0.952. The van der Waals surface area contributed by atoms with Crippen molar-refractivity contribution in [1.29, 1.82) is 5.26 Å². The van der Waals surface area contributed by atoms with Gasteiger partial charge in [0.25, 0.3) is 0 Å². The Labute approximate surface area is 160 Å². The molecular formula is C20H27N5O2. The minimum absolute atomic E-state index is 0. The van der Waals surface area contributed by atoms with E-state index in [0.29, 0.717) is 30.3 Å². The number of aliphatic hydroxyl groups excluding tert-OH is 2. The molecule has 0 radical (unpaired) electrons. The number of nitriles is 1. The Balaban J connectivity index is 0.00000280. The fourth-order valence-corrected chi connectivity index (χ4v) is 3.10. The van der Waals surface area contributed by atoms with Gasteiger partial charge in [-0.2, -0.15) is 10.2 Å². The number of aromatic nitrogens is 2. The molecule has 2 aromatic rings. The van der Waals surface area contributed by atoms with E-state index in [1.54, 1.807) is 0 Å². The first kappa shape index (κ1) is 19.1. The van der Waals surface area contributed by atoms with Gasteiger partial charge in [-0.15, -0.1) is 0 Å². The Kier molecular flexibility index (Phi) is 5.59. The molecule has 3 rings (SSSR count). The Morgan fingerprint density at radius 3 is 2.59 bits per heavy atom. The number of anilines is 2. The van der Waals surface area contributed by atoms with Crippen molar-refractivity contribution in [3.63, 3.8) is 0 Å². The van der Waals surface area contributed by atoms with Crippen molar-refractivity contribution in [1.82, 2.24) is 9.97 Å². The Bertz CT molecular complexity index is 835. The lowest BCUT2D eigenvalue weighted by atomic mass is 9.64. The largest absolute Gasteiger partial charge is 0.392 e. The number of nitrogens with one attached hydrogen (secondary N) is 2. The van der Waals surface area contributed by atoms with Crippen LogP contribution in [0.15, 0.2) is 30.5 Å². The van der Waals surface area contributed by atoms with Crippen LogP contribution in [0.5, 0.6) is 0 Å². The van der Waals surface area contributed by atoms with E-state index in [1.165, 1.54) is 6.20 Å². The van der Waals surface area contributed by atoms with Crippen LogP contribution >= 0.6 is 0 Å². The van der Waals surface area contributed by atoms with Crippen LogP contribution in [0, 0.1) is 16.7 Å². The predicted octanol–water partition coefficient (Wildman–Crippen LogP) is 2.31. The third-order valence-electron chi connectivity index (χ3n) is 5.34. The average Bonchev–Trinajstić information content (AvgIpc) is 2.68. The molecule has 1 aromatic carbocycles. The molecule has 2 atom stereocenters. The van der Waals surface area contributed by atoms with Crippen molar-refractivity contribution >= 4 is 11.8 Å². The molecule has 0 spiro atoms. The van der Waals surface area contributed by atoms with Gasteiger partial charge in [-0.1, -0.05) is 38.1 Å². The van der Waals surface area contributed by atoms with Crippen molar-refractivity contribution in [3.8, 4) is 6.07 Å². The quantitative estimate of drug-likeness (QED) is 0.592. The van der Waals surface area contributed by atoms with Crippen LogP contribution in [0.1, 0.15) is 38.4 Å². The highest BCUT2D eigenvalue weighted by Gasteiger charge is 2.47. The first-order valence-corrected chi connectivity index (χ1v) is 9.08.